The van der Waals surface area contributed by atoms with Gasteiger partial charge in [-0.15, -0.1) is 0 Å². The van der Waals surface area contributed by atoms with Gasteiger partial charge in [-0.25, -0.2) is 17.9 Å². The van der Waals surface area contributed by atoms with Gasteiger partial charge in [-0.2, -0.15) is 5.10 Å². The smallest absolute Gasteiger partial charge is 0.178 e. The number of hydrogen-bond acceptors (Lipinski definition) is 5. The molecule has 18 heavy (non-hydrogen) atoms. The van der Waals surface area contributed by atoms with Crippen molar-refractivity contribution in [3.8, 4) is 0 Å². The highest BCUT2D eigenvalue weighted by molar-refractivity contribution is 7.91. The number of nitrogen functional groups attached to an aromatic ring is 1. The first-order valence-electron chi connectivity index (χ1n) is 5.84. The largest absolute Gasteiger partial charge is 0.394 e. The van der Waals surface area contributed by atoms with Crippen LogP contribution in [-0.4, -0.2) is 34.5 Å². The maximum Gasteiger partial charge on any atom is 0.178 e. The van der Waals surface area contributed by atoms with E-state index < -0.39 is 9.84 Å². The molecule has 0 aromatic carbocycles. The molecule has 0 amide bonds. The zero-order valence-corrected chi connectivity index (χ0v) is 10.6. The van der Waals surface area contributed by atoms with Crippen LogP contribution in [-0.2, 0) is 9.84 Å². The van der Waals surface area contributed by atoms with Gasteiger partial charge >= 0.3 is 0 Å². The summed E-state index contributed by atoms with van der Waals surface area (Å²) in [5, 5.41) is 4.11. The van der Waals surface area contributed by atoms with E-state index in [-0.39, 0.29) is 17.4 Å². The van der Waals surface area contributed by atoms with Crippen LogP contribution in [0.4, 0.5) is 5.69 Å². The summed E-state index contributed by atoms with van der Waals surface area (Å²) in [4.78, 5) is 4.28. The molecule has 3 rings (SSSR count). The van der Waals surface area contributed by atoms with Crippen molar-refractivity contribution < 1.29 is 8.42 Å². The molecule has 2 aromatic heterocycles. The molecule has 1 aliphatic heterocycles. The van der Waals surface area contributed by atoms with Crippen molar-refractivity contribution in [1.82, 2.24) is 14.6 Å². The molecule has 2 aromatic rings. The summed E-state index contributed by atoms with van der Waals surface area (Å²) in [7, 11) is -2.82. The van der Waals surface area contributed by atoms with E-state index in [0.717, 1.165) is 5.56 Å². The van der Waals surface area contributed by atoms with E-state index in [1.165, 1.54) is 0 Å². The predicted octanol–water partition coefficient (Wildman–Crippen LogP) is 0.604. The number of sulfone groups is 1. The van der Waals surface area contributed by atoms with Gasteiger partial charge in [0.15, 0.2) is 5.65 Å². The fourth-order valence-electron chi connectivity index (χ4n) is 2.34. The van der Waals surface area contributed by atoms with Crippen LogP contribution in [0.5, 0.6) is 0 Å². The second-order valence-corrected chi connectivity index (χ2v) is 6.99. The minimum atomic E-state index is -2.82. The molecule has 3 heterocycles. The number of aromatic nitrogens is 3. The molecule has 0 spiro atoms. The molecule has 0 radical (unpaired) electrons. The number of nitrogens with two attached hydrogens (primary N) is 1. The Bertz CT molecular complexity index is 678. The first-order chi connectivity index (χ1) is 8.55. The average molecular weight is 266 g/mol. The average Bonchev–Trinajstić information content (AvgIpc) is 2.71. The Balaban J connectivity index is 1.91. The third kappa shape index (κ3) is 1.94. The maximum atomic E-state index is 11.4. The SMILES string of the molecule is Nc1cnn2cc(C3CCS(=O)(=O)CC3)cnc12. The molecule has 0 saturated carbocycles. The molecule has 0 atom stereocenters. The zero-order valence-electron chi connectivity index (χ0n) is 9.78. The third-order valence-corrected chi connectivity index (χ3v) is 5.15. The molecule has 1 aliphatic rings. The van der Waals surface area contributed by atoms with Crippen LogP contribution in [0, 0.1) is 0 Å². The summed E-state index contributed by atoms with van der Waals surface area (Å²) in [5.74, 6) is 0.768. The quantitative estimate of drug-likeness (QED) is 0.816. The normalized spacial score (nSPS) is 20.2. The number of anilines is 1. The highest BCUT2D eigenvalue weighted by atomic mass is 32.2. The first-order valence-corrected chi connectivity index (χ1v) is 7.66. The number of rotatable bonds is 1. The third-order valence-electron chi connectivity index (χ3n) is 3.43. The van der Waals surface area contributed by atoms with Gasteiger partial charge < -0.3 is 5.73 Å². The topological polar surface area (TPSA) is 90.3 Å². The van der Waals surface area contributed by atoms with Crippen molar-refractivity contribution in [2.75, 3.05) is 17.2 Å². The van der Waals surface area contributed by atoms with Crippen LogP contribution < -0.4 is 5.73 Å². The van der Waals surface area contributed by atoms with E-state index >= 15 is 0 Å². The van der Waals surface area contributed by atoms with Crippen molar-refractivity contribution in [1.29, 1.82) is 0 Å². The number of fused-ring (bicyclic) bond motifs is 1. The van der Waals surface area contributed by atoms with Gasteiger partial charge in [0.05, 0.1) is 23.4 Å². The van der Waals surface area contributed by atoms with E-state index in [2.05, 4.69) is 10.1 Å². The Hall–Kier alpha value is -1.63. The van der Waals surface area contributed by atoms with E-state index in [1.807, 2.05) is 6.20 Å². The summed E-state index contributed by atoms with van der Waals surface area (Å²) >= 11 is 0. The molecule has 96 valence electrons. The standard InChI is InChI=1S/C11H14N4O2S/c12-10-6-14-15-7-9(5-13-11(10)15)8-1-3-18(16,17)4-2-8/h5-8H,1-4,12H2. The summed E-state index contributed by atoms with van der Waals surface area (Å²) in [6, 6.07) is 0. The van der Waals surface area contributed by atoms with Crippen LogP contribution in [0.2, 0.25) is 0 Å². The monoisotopic (exact) mass is 266 g/mol. The highest BCUT2D eigenvalue weighted by Crippen LogP contribution is 2.28. The molecule has 6 nitrogen and oxygen atoms in total. The van der Waals surface area contributed by atoms with Crippen molar-refractivity contribution in [3.63, 3.8) is 0 Å². The predicted molar refractivity (Wildman–Crippen MR) is 68.0 cm³/mol. The van der Waals surface area contributed by atoms with E-state index in [4.69, 9.17) is 5.73 Å². The molecule has 0 unspecified atom stereocenters. The Labute approximate surface area is 105 Å². The second-order valence-electron chi connectivity index (χ2n) is 4.68. The van der Waals surface area contributed by atoms with Crippen molar-refractivity contribution in [2.45, 2.75) is 18.8 Å². The molecule has 0 aliphatic carbocycles. The van der Waals surface area contributed by atoms with E-state index in [0.29, 0.717) is 24.2 Å². The molecule has 0 bridgehead atoms. The summed E-state index contributed by atoms with van der Waals surface area (Å²) in [6.45, 7) is 0. The van der Waals surface area contributed by atoms with Crippen LogP contribution >= 0.6 is 0 Å². The first kappa shape index (κ1) is 11.5. The van der Waals surface area contributed by atoms with Gasteiger partial charge in [-0.3, -0.25) is 0 Å². The molecule has 1 fully saturated rings. The van der Waals surface area contributed by atoms with Crippen molar-refractivity contribution in [2.24, 2.45) is 0 Å². The van der Waals surface area contributed by atoms with Gasteiger partial charge in [-0.05, 0) is 24.3 Å². The molecule has 1 saturated heterocycles. The van der Waals surface area contributed by atoms with Crippen molar-refractivity contribution >= 4 is 21.2 Å². The molecule has 2 N–H and O–H groups in total. The highest BCUT2D eigenvalue weighted by Gasteiger charge is 2.25. The van der Waals surface area contributed by atoms with Gasteiger partial charge in [0.25, 0.3) is 0 Å². The molecular weight excluding hydrogens is 252 g/mol. The van der Waals surface area contributed by atoms with E-state index in [1.54, 1.807) is 16.9 Å². The Morgan fingerprint density at radius 2 is 2.00 bits per heavy atom. The lowest BCUT2D eigenvalue weighted by Gasteiger charge is -2.21. The lowest BCUT2D eigenvalue weighted by atomic mass is 9.96. The van der Waals surface area contributed by atoms with Crippen LogP contribution in [0.15, 0.2) is 18.6 Å². The molecule has 7 heteroatoms. The van der Waals surface area contributed by atoms with Crippen LogP contribution in [0.25, 0.3) is 5.65 Å². The maximum absolute atomic E-state index is 11.4. The fraction of sp³-hybridized carbons (Fsp3) is 0.455. The van der Waals surface area contributed by atoms with Gasteiger partial charge in [0, 0.05) is 12.4 Å². The van der Waals surface area contributed by atoms with Crippen LogP contribution in [0.3, 0.4) is 0 Å². The van der Waals surface area contributed by atoms with E-state index in [9.17, 15) is 8.42 Å². The number of hydrogen-bond donors (Lipinski definition) is 1. The minimum Gasteiger partial charge on any atom is -0.394 e. The number of nitrogens with zero attached hydrogens (tertiary/aromatic N) is 3. The summed E-state index contributed by atoms with van der Waals surface area (Å²) in [6.07, 6.45) is 6.55. The minimum absolute atomic E-state index is 0.246. The van der Waals surface area contributed by atoms with Crippen LogP contribution in [0.1, 0.15) is 24.3 Å². The van der Waals surface area contributed by atoms with Crippen molar-refractivity contribution in [3.05, 3.63) is 24.2 Å². The lowest BCUT2D eigenvalue weighted by molar-refractivity contribution is 0.548. The van der Waals surface area contributed by atoms with Gasteiger partial charge in [0.2, 0.25) is 0 Å². The fourth-order valence-corrected chi connectivity index (χ4v) is 3.83. The van der Waals surface area contributed by atoms with Gasteiger partial charge in [-0.1, -0.05) is 0 Å². The Morgan fingerprint density at radius 3 is 2.72 bits per heavy atom. The Kier molecular flexibility index (Phi) is 2.51. The Morgan fingerprint density at radius 1 is 1.28 bits per heavy atom. The summed E-state index contributed by atoms with van der Waals surface area (Å²) < 4.78 is 24.4. The van der Waals surface area contributed by atoms with Gasteiger partial charge in [0.1, 0.15) is 9.84 Å². The zero-order chi connectivity index (χ0) is 12.8. The second kappa shape index (κ2) is 3.94. The summed E-state index contributed by atoms with van der Waals surface area (Å²) in [5.41, 5.74) is 7.93. The lowest BCUT2D eigenvalue weighted by Crippen LogP contribution is -2.22. The molecular formula is C11H14N4O2S.